The average Bonchev–Trinajstić information content (AvgIpc) is 2.90. The van der Waals surface area contributed by atoms with Crippen molar-refractivity contribution in [3.8, 4) is 0 Å². The number of anilines is 1. The molecule has 1 aliphatic rings. The summed E-state index contributed by atoms with van der Waals surface area (Å²) in [5.74, 6) is -1.48. The van der Waals surface area contributed by atoms with Crippen LogP contribution in [0.25, 0.3) is 0 Å². The van der Waals surface area contributed by atoms with E-state index in [2.05, 4.69) is 21.2 Å². The number of likely N-dealkylation sites (tertiary alicyclic amines) is 1. The predicted molar refractivity (Wildman–Crippen MR) is 93.4 cm³/mol. The molecule has 1 aromatic rings. The molecule has 1 unspecified atom stereocenters. The third-order valence-corrected chi connectivity index (χ3v) is 4.52. The van der Waals surface area contributed by atoms with Crippen molar-refractivity contribution < 1.29 is 19.1 Å². The first-order valence-corrected chi connectivity index (χ1v) is 8.59. The minimum absolute atomic E-state index is 0.0532. The van der Waals surface area contributed by atoms with E-state index in [-0.39, 0.29) is 25.0 Å². The summed E-state index contributed by atoms with van der Waals surface area (Å²) in [6.07, 6.45) is 0.141. The minimum atomic E-state index is -0.510. The Labute approximate surface area is 149 Å². The SMILES string of the molecule is Cc1ccc(NC(=O)COC(=O)C2CC(=O)N(C(C)C)C2)c(Br)c1. The number of nitrogens with one attached hydrogen (secondary N) is 1. The third-order valence-electron chi connectivity index (χ3n) is 3.86. The molecule has 7 heteroatoms. The monoisotopic (exact) mass is 396 g/mol. The predicted octanol–water partition coefficient (Wildman–Crippen LogP) is 2.50. The lowest BCUT2D eigenvalue weighted by Gasteiger charge is -2.20. The number of amides is 2. The molecule has 0 radical (unpaired) electrons. The molecular formula is C17H21BrN2O4. The Morgan fingerprint density at radius 3 is 2.71 bits per heavy atom. The fourth-order valence-corrected chi connectivity index (χ4v) is 3.14. The van der Waals surface area contributed by atoms with Crippen LogP contribution in [0.15, 0.2) is 22.7 Å². The van der Waals surface area contributed by atoms with Gasteiger partial charge in [0.05, 0.1) is 11.6 Å². The van der Waals surface area contributed by atoms with Gasteiger partial charge in [0.25, 0.3) is 5.91 Å². The van der Waals surface area contributed by atoms with Gasteiger partial charge in [-0.3, -0.25) is 14.4 Å². The van der Waals surface area contributed by atoms with Crippen LogP contribution in [0.1, 0.15) is 25.8 Å². The molecule has 0 saturated carbocycles. The van der Waals surface area contributed by atoms with Crippen molar-refractivity contribution in [2.24, 2.45) is 5.92 Å². The zero-order chi connectivity index (χ0) is 17.9. The standard InChI is InChI=1S/C17H21BrN2O4/c1-10(2)20-8-12(7-16(20)22)17(23)24-9-15(21)19-14-5-4-11(3)6-13(14)18/h4-6,10,12H,7-9H2,1-3H3,(H,19,21). The lowest BCUT2D eigenvalue weighted by Crippen LogP contribution is -2.33. The summed E-state index contributed by atoms with van der Waals surface area (Å²) in [7, 11) is 0. The van der Waals surface area contributed by atoms with Gasteiger partial charge in [-0.2, -0.15) is 0 Å². The van der Waals surface area contributed by atoms with E-state index in [0.717, 1.165) is 10.0 Å². The Morgan fingerprint density at radius 2 is 2.12 bits per heavy atom. The molecule has 0 spiro atoms. The third kappa shape index (κ3) is 4.56. The van der Waals surface area contributed by atoms with Crippen LogP contribution in [0.3, 0.4) is 0 Å². The fourth-order valence-electron chi connectivity index (χ4n) is 2.55. The zero-order valence-electron chi connectivity index (χ0n) is 14.0. The molecule has 0 aromatic heterocycles. The molecule has 130 valence electrons. The molecule has 1 fully saturated rings. The van der Waals surface area contributed by atoms with Crippen molar-refractivity contribution in [1.29, 1.82) is 0 Å². The van der Waals surface area contributed by atoms with Gasteiger partial charge in [-0.05, 0) is 54.4 Å². The largest absolute Gasteiger partial charge is 0.455 e. The number of hydrogen-bond acceptors (Lipinski definition) is 4. The molecule has 0 bridgehead atoms. The number of hydrogen-bond donors (Lipinski definition) is 1. The molecule has 0 aliphatic carbocycles. The van der Waals surface area contributed by atoms with Crippen LogP contribution >= 0.6 is 15.9 Å². The maximum atomic E-state index is 12.0. The normalized spacial score (nSPS) is 17.3. The molecule has 2 amide bonds. The summed E-state index contributed by atoms with van der Waals surface area (Å²) < 4.78 is 5.82. The summed E-state index contributed by atoms with van der Waals surface area (Å²) in [5, 5.41) is 2.68. The van der Waals surface area contributed by atoms with E-state index in [1.54, 1.807) is 11.0 Å². The van der Waals surface area contributed by atoms with Crippen molar-refractivity contribution in [1.82, 2.24) is 4.90 Å². The van der Waals surface area contributed by atoms with Crippen LogP contribution in [0.4, 0.5) is 5.69 Å². The number of esters is 1. The molecule has 1 heterocycles. The Kier molecular flexibility index (Phi) is 5.99. The number of carbonyl (C=O) groups excluding carboxylic acids is 3. The van der Waals surface area contributed by atoms with E-state index in [9.17, 15) is 14.4 Å². The zero-order valence-corrected chi connectivity index (χ0v) is 15.6. The van der Waals surface area contributed by atoms with Crippen molar-refractivity contribution in [2.45, 2.75) is 33.2 Å². The molecule has 24 heavy (non-hydrogen) atoms. The van der Waals surface area contributed by atoms with Crippen molar-refractivity contribution in [3.05, 3.63) is 28.2 Å². The molecular weight excluding hydrogens is 376 g/mol. The number of aryl methyl sites for hydroxylation is 1. The lowest BCUT2D eigenvalue weighted by atomic mass is 10.1. The summed E-state index contributed by atoms with van der Waals surface area (Å²) in [5.41, 5.74) is 1.68. The van der Waals surface area contributed by atoms with Crippen LogP contribution in [-0.2, 0) is 19.1 Å². The van der Waals surface area contributed by atoms with Gasteiger partial charge in [-0.1, -0.05) is 6.07 Å². The van der Waals surface area contributed by atoms with Crippen LogP contribution in [0.5, 0.6) is 0 Å². The highest BCUT2D eigenvalue weighted by molar-refractivity contribution is 9.10. The second-order valence-electron chi connectivity index (χ2n) is 6.18. The number of carbonyl (C=O) groups is 3. The smallest absolute Gasteiger partial charge is 0.311 e. The van der Waals surface area contributed by atoms with Crippen molar-refractivity contribution in [2.75, 3.05) is 18.5 Å². The first-order chi connectivity index (χ1) is 11.3. The second kappa shape index (κ2) is 7.79. The highest BCUT2D eigenvalue weighted by atomic mass is 79.9. The summed E-state index contributed by atoms with van der Waals surface area (Å²) in [4.78, 5) is 37.4. The van der Waals surface area contributed by atoms with Gasteiger partial charge in [-0.15, -0.1) is 0 Å². The highest BCUT2D eigenvalue weighted by Gasteiger charge is 2.36. The maximum absolute atomic E-state index is 12.0. The lowest BCUT2D eigenvalue weighted by molar-refractivity contribution is -0.151. The van der Waals surface area contributed by atoms with E-state index >= 15 is 0 Å². The highest BCUT2D eigenvalue weighted by Crippen LogP contribution is 2.24. The number of nitrogens with zero attached hydrogens (tertiary/aromatic N) is 1. The average molecular weight is 397 g/mol. The Balaban J connectivity index is 1.83. The van der Waals surface area contributed by atoms with Crippen LogP contribution in [0.2, 0.25) is 0 Å². The Hall–Kier alpha value is -1.89. The molecule has 1 aromatic carbocycles. The Bertz CT molecular complexity index is 660. The summed E-state index contributed by atoms with van der Waals surface area (Å²) >= 11 is 3.37. The van der Waals surface area contributed by atoms with Crippen molar-refractivity contribution in [3.63, 3.8) is 0 Å². The molecule has 1 atom stereocenters. The van der Waals surface area contributed by atoms with E-state index in [0.29, 0.717) is 12.2 Å². The van der Waals surface area contributed by atoms with Gasteiger partial charge >= 0.3 is 5.97 Å². The van der Waals surface area contributed by atoms with Gasteiger partial charge in [0.1, 0.15) is 0 Å². The van der Waals surface area contributed by atoms with Gasteiger partial charge in [0.15, 0.2) is 6.61 Å². The fraction of sp³-hybridized carbons (Fsp3) is 0.471. The number of ether oxygens (including phenoxy) is 1. The first kappa shape index (κ1) is 18.4. The molecule has 1 saturated heterocycles. The number of halogens is 1. The first-order valence-electron chi connectivity index (χ1n) is 7.80. The molecule has 1 N–H and O–H groups in total. The van der Waals surface area contributed by atoms with Crippen LogP contribution in [0, 0.1) is 12.8 Å². The van der Waals surface area contributed by atoms with Gasteiger partial charge in [0.2, 0.25) is 5.91 Å². The van der Waals surface area contributed by atoms with Crippen molar-refractivity contribution >= 4 is 39.4 Å². The van der Waals surface area contributed by atoms with Crippen LogP contribution < -0.4 is 5.32 Å². The minimum Gasteiger partial charge on any atom is -0.455 e. The van der Waals surface area contributed by atoms with E-state index in [1.165, 1.54) is 0 Å². The number of rotatable bonds is 5. The van der Waals surface area contributed by atoms with E-state index in [4.69, 9.17) is 4.74 Å². The topological polar surface area (TPSA) is 75.7 Å². The molecule has 2 rings (SSSR count). The second-order valence-corrected chi connectivity index (χ2v) is 7.03. The molecule has 1 aliphatic heterocycles. The summed E-state index contributed by atoms with van der Waals surface area (Å²) in [6, 6.07) is 5.58. The van der Waals surface area contributed by atoms with Gasteiger partial charge < -0.3 is 15.0 Å². The van der Waals surface area contributed by atoms with Crippen LogP contribution in [-0.4, -0.2) is 41.9 Å². The summed E-state index contributed by atoms with van der Waals surface area (Å²) in [6.45, 7) is 5.73. The number of benzene rings is 1. The van der Waals surface area contributed by atoms with Gasteiger partial charge in [0, 0.05) is 23.5 Å². The van der Waals surface area contributed by atoms with E-state index < -0.39 is 17.8 Å². The van der Waals surface area contributed by atoms with E-state index in [1.807, 2.05) is 32.9 Å². The quantitative estimate of drug-likeness (QED) is 0.775. The maximum Gasteiger partial charge on any atom is 0.311 e. The Morgan fingerprint density at radius 1 is 1.42 bits per heavy atom. The van der Waals surface area contributed by atoms with Gasteiger partial charge in [-0.25, -0.2) is 0 Å². The molecule has 6 nitrogen and oxygen atoms in total.